The van der Waals surface area contributed by atoms with E-state index >= 15 is 0 Å². The van der Waals surface area contributed by atoms with Crippen molar-refractivity contribution in [2.75, 3.05) is 6.61 Å². The van der Waals surface area contributed by atoms with E-state index in [1.807, 2.05) is 0 Å². The lowest BCUT2D eigenvalue weighted by molar-refractivity contribution is -0.134. The summed E-state index contributed by atoms with van der Waals surface area (Å²) in [6, 6.07) is 0. The molecule has 0 radical (unpaired) electrons. The standard InChI is InChI=1S/C4H6BrNO3/c1-2-9-4(7)3(5)6-8/h8H,2H2,1H3/b6-3+. The molecule has 1 N–H and O–H groups in total. The number of esters is 1. The minimum atomic E-state index is -0.667. The van der Waals surface area contributed by atoms with Crippen molar-refractivity contribution in [2.45, 2.75) is 6.92 Å². The summed E-state index contributed by atoms with van der Waals surface area (Å²) in [5, 5.41) is 10.5. The van der Waals surface area contributed by atoms with Gasteiger partial charge in [0.2, 0.25) is 4.62 Å². The third-order valence-corrected chi connectivity index (χ3v) is 1.01. The highest BCUT2D eigenvalue weighted by atomic mass is 79.9. The van der Waals surface area contributed by atoms with E-state index in [4.69, 9.17) is 5.21 Å². The maximum atomic E-state index is 10.4. The van der Waals surface area contributed by atoms with Crippen LogP contribution in [0.15, 0.2) is 5.16 Å². The van der Waals surface area contributed by atoms with Crippen molar-refractivity contribution in [2.24, 2.45) is 5.16 Å². The monoisotopic (exact) mass is 195 g/mol. The molecule has 52 valence electrons. The lowest BCUT2D eigenvalue weighted by Crippen LogP contribution is -2.11. The van der Waals surface area contributed by atoms with Gasteiger partial charge in [-0.05, 0) is 22.9 Å². The molecule has 0 aliphatic carbocycles. The maximum absolute atomic E-state index is 10.4. The Morgan fingerprint density at radius 1 is 1.89 bits per heavy atom. The Morgan fingerprint density at radius 2 is 2.44 bits per heavy atom. The van der Waals surface area contributed by atoms with Crippen LogP contribution in [0.5, 0.6) is 0 Å². The van der Waals surface area contributed by atoms with Crippen molar-refractivity contribution in [3.8, 4) is 0 Å². The van der Waals surface area contributed by atoms with Crippen molar-refractivity contribution in [1.82, 2.24) is 0 Å². The fourth-order valence-electron chi connectivity index (χ4n) is 0.231. The Labute approximate surface area is 60.6 Å². The Bertz CT molecular complexity index is 134. The number of carbonyl (C=O) groups is 1. The highest BCUT2D eigenvalue weighted by molar-refractivity contribution is 9.19. The summed E-state index contributed by atoms with van der Waals surface area (Å²) in [6.45, 7) is 1.93. The zero-order chi connectivity index (χ0) is 7.28. The highest BCUT2D eigenvalue weighted by Crippen LogP contribution is 1.91. The Balaban J connectivity index is 3.74. The molecule has 0 atom stereocenters. The van der Waals surface area contributed by atoms with E-state index in [0.29, 0.717) is 0 Å². The topological polar surface area (TPSA) is 58.9 Å². The summed E-state index contributed by atoms with van der Waals surface area (Å²) in [5.41, 5.74) is 0. The van der Waals surface area contributed by atoms with Gasteiger partial charge in [-0.2, -0.15) is 0 Å². The fourth-order valence-corrected chi connectivity index (χ4v) is 0.346. The molecule has 0 aromatic rings. The molecule has 0 rings (SSSR count). The smallest absolute Gasteiger partial charge is 0.367 e. The number of hydrogen-bond donors (Lipinski definition) is 1. The number of ether oxygens (including phenoxy) is 1. The van der Waals surface area contributed by atoms with Gasteiger partial charge in [0.25, 0.3) is 0 Å². The van der Waals surface area contributed by atoms with E-state index < -0.39 is 5.97 Å². The molecular formula is C4H6BrNO3. The molecule has 0 spiro atoms. The van der Waals surface area contributed by atoms with Crippen LogP contribution in [-0.4, -0.2) is 22.4 Å². The van der Waals surface area contributed by atoms with Crippen LogP contribution in [-0.2, 0) is 9.53 Å². The van der Waals surface area contributed by atoms with Gasteiger partial charge in [0.05, 0.1) is 6.61 Å². The zero-order valence-electron chi connectivity index (χ0n) is 4.80. The lowest BCUT2D eigenvalue weighted by atomic mass is 10.7. The van der Waals surface area contributed by atoms with Crippen molar-refractivity contribution in [3.05, 3.63) is 0 Å². The van der Waals surface area contributed by atoms with E-state index in [0.717, 1.165) is 0 Å². The van der Waals surface area contributed by atoms with E-state index in [1.54, 1.807) is 6.92 Å². The molecule has 0 aliphatic heterocycles. The van der Waals surface area contributed by atoms with Gasteiger partial charge in [-0.1, -0.05) is 5.16 Å². The molecule has 0 fully saturated rings. The van der Waals surface area contributed by atoms with Crippen molar-refractivity contribution in [1.29, 1.82) is 0 Å². The number of rotatable bonds is 2. The summed E-state index contributed by atoms with van der Waals surface area (Å²) in [6.07, 6.45) is 0. The molecule has 0 saturated heterocycles. The van der Waals surface area contributed by atoms with Crippen molar-refractivity contribution in [3.63, 3.8) is 0 Å². The van der Waals surface area contributed by atoms with Gasteiger partial charge < -0.3 is 9.94 Å². The highest BCUT2D eigenvalue weighted by Gasteiger charge is 2.07. The first-order valence-corrected chi connectivity index (χ1v) is 3.06. The molecule has 0 aromatic carbocycles. The van der Waals surface area contributed by atoms with Crippen molar-refractivity contribution >= 4 is 26.5 Å². The summed E-state index contributed by atoms with van der Waals surface area (Å²) < 4.78 is 4.20. The van der Waals surface area contributed by atoms with Crippen LogP contribution in [0.2, 0.25) is 0 Å². The molecule has 0 amide bonds. The summed E-state index contributed by atoms with van der Waals surface area (Å²) >= 11 is 2.67. The van der Waals surface area contributed by atoms with Crippen molar-refractivity contribution < 1.29 is 14.7 Å². The molecule has 0 aliphatic rings. The average molecular weight is 196 g/mol. The number of halogens is 1. The predicted octanol–water partition coefficient (Wildman–Crippen LogP) is 0.732. The first kappa shape index (κ1) is 8.42. The third-order valence-electron chi connectivity index (χ3n) is 0.532. The van der Waals surface area contributed by atoms with Crippen LogP contribution in [0.25, 0.3) is 0 Å². The van der Waals surface area contributed by atoms with Gasteiger partial charge >= 0.3 is 5.97 Å². The molecule has 0 saturated carbocycles. The molecule has 0 unspecified atom stereocenters. The SMILES string of the molecule is CCOC(=O)/C(Br)=N\O. The fraction of sp³-hybridized carbons (Fsp3) is 0.500. The molecule has 9 heavy (non-hydrogen) atoms. The first-order valence-electron chi connectivity index (χ1n) is 2.27. The second-order valence-corrected chi connectivity index (χ2v) is 1.86. The van der Waals surface area contributed by atoms with E-state index in [9.17, 15) is 4.79 Å². The Hall–Kier alpha value is -0.580. The minimum Gasteiger partial charge on any atom is -0.461 e. The average Bonchev–Trinajstić information content (AvgIpc) is 1.87. The van der Waals surface area contributed by atoms with Crippen LogP contribution < -0.4 is 0 Å². The number of nitrogens with zero attached hydrogens (tertiary/aromatic N) is 1. The normalized spacial score (nSPS) is 11.1. The number of carbonyl (C=O) groups excluding carboxylic acids is 1. The van der Waals surface area contributed by atoms with Gasteiger partial charge in [0, 0.05) is 0 Å². The van der Waals surface area contributed by atoms with Gasteiger partial charge in [-0.25, -0.2) is 4.79 Å². The second kappa shape index (κ2) is 4.31. The first-order chi connectivity index (χ1) is 4.22. The lowest BCUT2D eigenvalue weighted by Gasteiger charge is -1.94. The minimum absolute atomic E-state index is 0.218. The summed E-state index contributed by atoms with van der Waals surface area (Å²) in [4.78, 5) is 10.4. The van der Waals surface area contributed by atoms with Crippen LogP contribution in [0.1, 0.15) is 6.92 Å². The van der Waals surface area contributed by atoms with Gasteiger partial charge in [-0.3, -0.25) is 0 Å². The zero-order valence-corrected chi connectivity index (χ0v) is 6.38. The molecule has 4 nitrogen and oxygen atoms in total. The van der Waals surface area contributed by atoms with Gasteiger partial charge in [-0.15, -0.1) is 0 Å². The number of hydrogen-bond acceptors (Lipinski definition) is 4. The molecule has 0 bridgehead atoms. The van der Waals surface area contributed by atoms with Crippen LogP contribution in [0.3, 0.4) is 0 Å². The molecular weight excluding hydrogens is 190 g/mol. The van der Waals surface area contributed by atoms with Crippen LogP contribution in [0.4, 0.5) is 0 Å². The van der Waals surface area contributed by atoms with Crippen LogP contribution in [0, 0.1) is 0 Å². The third kappa shape index (κ3) is 3.07. The quantitative estimate of drug-likeness (QED) is 0.306. The van der Waals surface area contributed by atoms with Gasteiger partial charge in [0.15, 0.2) is 0 Å². The molecule has 0 aromatic heterocycles. The van der Waals surface area contributed by atoms with Gasteiger partial charge in [0.1, 0.15) is 0 Å². The van der Waals surface area contributed by atoms with E-state index in [2.05, 4.69) is 25.8 Å². The van der Waals surface area contributed by atoms with E-state index in [1.165, 1.54) is 0 Å². The Kier molecular flexibility index (Phi) is 4.04. The molecule has 5 heteroatoms. The molecule has 0 heterocycles. The van der Waals surface area contributed by atoms with E-state index in [-0.39, 0.29) is 11.2 Å². The Morgan fingerprint density at radius 3 is 2.78 bits per heavy atom. The summed E-state index contributed by atoms with van der Waals surface area (Å²) in [5.74, 6) is -0.667. The number of oxime groups is 1. The second-order valence-electron chi connectivity index (χ2n) is 1.11. The maximum Gasteiger partial charge on any atom is 0.367 e. The largest absolute Gasteiger partial charge is 0.461 e. The predicted molar refractivity (Wildman–Crippen MR) is 34.8 cm³/mol. The van der Waals surface area contributed by atoms with Crippen LogP contribution >= 0.6 is 15.9 Å². The summed E-state index contributed by atoms with van der Waals surface area (Å²) in [7, 11) is 0.